The van der Waals surface area contributed by atoms with E-state index >= 15 is 0 Å². The van der Waals surface area contributed by atoms with Gasteiger partial charge in [0.1, 0.15) is 0 Å². The Morgan fingerprint density at radius 2 is 2.11 bits per heavy atom. The van der Waals surface area contributed by atoms with Crippen LogP contribution >= 0.6 is 0 Å². The van der Waals surface area contributed by atoms with Crippen LogP contribution in [0.5, 0.6) is 0 Å². The first-order valence-electron chi connectivity index (χ1n) is 6.30. The summed E-state index contributed by atoms with van der Waals surface area (Å²) >= 11 is 0. The van der Waals surface area contributed by atoms with Gasteiger partial charge in [0.05, 0.1) is 0 Å². The summed E-state index contributed by atoms with van der Waals surface area (Å²) in [6.45, 7) is 0.923. The van der Waals surface area contributed by atoms with Crippen LogP contribution in [0.25, 0.3) is 0 Å². The van der Waals surface area contributed by atoms with Crippen molar-refractivity contribution in [1.29, 1.82) is 0 Å². The van der Waals surface area contributed by atoms with Gasteiger partial charge in [-0.05, 0) is 24.1 Å². The number of nitrogens with one attached hydrogen (secondary N) is 3. The normalized spacial score (nSPS) is 17.9. The molecule has 102 valence electrons. The average molecular weight is 262 g/mol. The van der Waals surface area contributed by atoms with Crippen LogP contribution in [-0.4, -0.2) is 24.5 Å². The summed E-state index contributed by atoms with van der Waals surface area (Å²) in [7, 11) is 0. The molecule has 1 unspecified atom stereocenters. The van der Waals surface area contributed by atoms with Gasteiger partial charge in [-0.3, -0.25) is 4.79 Å². The Labute approximate surface area is 111 Å². The highest BCUT2D eigenvalue weighted by Gasteiger charge is 2.20. The van der Waals surface area contributed by atoms with Crippen LogP contribution in [0.3, 0.4) is 0 Å². The van der Waals surface area contributed by atoms with Crippen LogP contribution in [0.15, 0.2) is 24.3 Å². The largest absolute Gasteiger partial charge is 0.352 e. The summed E-state index contributed by atoms with van der Waals surface area (Å²) in [6.07, 6.45) is 1.30. The van der Waals surface area contributed by atoms with Crippen LogP contribution in [0.4, 0.5) is 10.5 Å². The first-order chi connectivity index (χ1) is 9.17. The predicted molar refractivity (Wildman–Crippen MR) is 72.5 cm³/mol. The number of anilines is 1. The van der Waals surface area contributed by atoms with E-state index in [1.807, 2.05) is 12.1 Å². The molecule has 0 bridgehead atoms. The molecular formula is C13H18N4O2. The molecule has 1 saturated heterocycles. The van der Waals surface area contributed by atoms with Gasteiger partial charge in [0, 0.05) is 31.2 Å². The van der Waals surface area contributed by atoms with Crippen molar-refractivity contribution in [3.8, 4) is 0 Å². The number of hydrogen-bond acceptors (Lipinski definition) is 3. The van der Waals surface area contributed by atoms with Crippen molar-refractivity contribution in [3.05, 3.63) is 29.8 Å². The van der Waals surface area contributed by atoms with Gasteiger partial charge < -0.3 is 21.7 Å². The second-order valence-corrected chi connectivity index (χ2v) is 4.54. The quantitative estimate of drug-likeness (QED) is 0.638. The van der Waals surface area contributed by atoms with E-state index < -0.39 is 0 Å². The molecule has 1 aromatic carbocycles. The lowest BCUT2D eigenvalue weighted by Gasteiger charge is -2.12. The average Bonchev–Trinajstić information content (AvgIpc) is 2.83. The smallest absolute Gasteiger partial charge is 0.319 e. The number of carbonyl (C=O) groups excluding carboxylic acids is 2. The minimum Gasteiger partial charge on any atom is -0.352 e. The molecule has 1 aliphatic heterocycles. The van der Waals surface area contributed by atoms with Crippen molar-refractivity contribution >= 4 is 17.6 Å². The van der Waals surface area contributed by atoms with E-state index in [2.05, 4.69) is 16.0 Å². The lowest BCUT2D eigenvalue weighted by atomic mass is 10.2. The Morgan fingerprint density at radius 3 is 2.68 bits per heavy atom. The van der Waals surface area contributed by atoms with Crippen molar-refractivity contribution in [2.45, 2.75) is 25.4 Å². The second-order valence-electron chi connectivity index (χ2n) is 4.54. The maximum absolute atomic E-state index is 11.6. The molecule has 1 aliphatic rings. The highest BCUT2D eigenvalue weighted by atomic mass is 16.2. The summed E-state index contributed by atoms with van der Waals surface area (Å²) in [5.41, 5.74) is 7.22. The number of hydrogen-bond donors (Lipinski definition) is 4. The van der Waals surface area contributed by atoms with Crippen LogP contribution in [0.1, 0.15) is 18.4 Å². The van der Waals surface area contributed by atoms with E-state index in [4.69, 9.17) is 5.73 Å². The van der Waals surface area contributed by atoms with Crippen molar-refractivity contribution < 1.29 is 9.59 Å². The fourth-order valence-electron chi connectivity index (χ4n) is 1.95. The molecule has 6 heteroatoms. The molecule has 0 spiro atoms. The van der Waals surface area contributed by atoms with Gasteiger partial charge in [0.15, 0.2) is 0 Å². The fraction of sp³-hybridized carbons (Fsp3) is 0.385. The molecule has 0 aromatic heterocycles. The summed E-state index contributed by atoms with van der Waals surface area (Å²) < 4.78 is 0. The molecule has 1 fully saturated rings. The molecule has 0 radical (unpaired) electrons. The zero-order valence-corrected chi connectivity index (χ0v) is 10.6. The number of benzene rings is 1. The van der Waals surface area contributed by atoms with Crippen molar-refractivity contribution in [2.75, 3.05) is 11.9 Å². The third kappa shape index (κ3) is 3.96. The van der Waals surface area contributed by atoms with Crippen LogP contribution in [0.2, 0.25) is 0 Å². The molecule has 1 atom stereocenters. The number of nitrogens with two attached hydrogens (primary N) is 1. The minimum absolute atomic E-state index is 0.0397. The number of urea groups is 1. The first-order valence-corrected chi connectivity index (χ1v) is 6.30. The minimum atomic E-state index is -0.276. The lowest BCUT2D eigenvalue weighted by Crippen LogP contribution is -2.40. The molecule has 0 aliphatic carbocycles. The number of carbonyl (C=O) groups is 2. The molecule has 1 heterocycles. The Morgan fingerprint density at radius 1 is 1.37 bits per heavy atom. The molecule has 1 aromatic rings. The van der Waals surface area contributed by atoms with Gasteiger partial charge in [0.25, 0.3) is 0 Å². The van der Waals surface area contributed by atoms with Crippen molar-refractivity contribution in [1.82, 2.24) is 10.6 Å². The van der Waals surface area contributed by atoms with E-state index in [9.17, 15) is 9.59 Å². The molecule has 6 nitrogen and oxygen atoms in total. The Hall–Kier alpha value is -2.08. The maximum Gasteiger partial charge on any atom is 0.319 e. The molecule has 2 rings (SSSR count). The Bertz CT molecular complexity index is 458. The highest BCUT2D eigenvalue weighted by Crippen LogP contribution is 2.09. The topological polar surface area (TPSA) is 96.2 Å². The Balaban J connectivity index is 1.75. The van der Waals surface area contributed by atoms with E-state index in [0.717, 1.165) is 12.0 Å². The van der Waals surface area contributed by atoms with Gasteiger partial charge in [-0.1, -0.05) is 12.1 Å². The van der Waals surface area contributed by atoms with E-state index in [-0.39, 0.29) is 18.0 Å². The number of rotatable bonds is 4. The molecule has 19 heavy (non-hydrogen) atoms. The van der Waals surface area contributed by atoms with E-state index in [1.165, 1.54) is 0 Å². The molecular weight excluding hydrogens is 244 g/mol. The zero-order valence-electron chi connectivity index (χ0n) is 10.6. The van der Waals surface area contributed by atoms with Crippen molar-refractivity contribution in [2.24, 2.45) is 5.73 Å². The first kappa shape index (κ1) is 13.4. The van der Waals surface area contributed by atoms with Crippen LogP contribution in [-0.2, 0) is 11.3 Å². The lowest BCUT2D eigenvalue weighted by molar-refractivity contribution is -0.119. The summed E-state index contributed by atoms with van der Waals surface area (Å²) in [5.74, 6) is 0.0459. The van der Waals surface area contributed by atoms with Crippen molar-refractivity contribution in [3.63, 3.8) is 0 Å². The highest BCUT2D eigenvalue weighted by molar-refractivity contribution is 5.89. The molecule has 3 amide bonds. The third-order valence-electron chi connectivity index (χ3n) is 3.04. The summed E-state index contributed by atoms with van der Waals surface area (Å²) in [4.78, 5) is 22.6. The van der Waals surface area contributed by atoms with E-state index in [1.54, 1.807) is 12.1 Å². The summed E-state index contributed by atoms with van der Waals surface area (Å²) in [5, 5.41) is 8.25. The zero-order chi connectivity index (χ0) is 13.7. The van der Waals surface area contributed by atoms with Crippen LogP contribution in [0, 0.1) is 0 Å². The predicted octanol–water partition coefficient (Wildman–Crippen LogP) is 0.545. The van der Waals surface area contributed by atoms with Gasteiger partial charge in [0.2, 0.25) is 5.91 Å². The van der Waals surface area contributed by atoms with Crippen LogP contribution < -0.4 is 21.7 Å². The monoisotopic (exact) mass is 262 g/mol. The SMILES string of the molecule is NCc1ccc(NC(=O)NCC2CCC(=O)N2)cc1. The van der Waals surface area contributed by atoms with Gasteiger partial charge in [-0.2, -0.15) is 0 Å². The van der Waals surface area contributed by atoms with Gasteiger partial charge in [-0.15, -0.1) is 0 Å². The third-order valence-corrected chi connectivity index (χ3v) is 3.04. The fourth-order valence-corrected chi connectivity index (χ4v) is 1.95. The van der Waals surface area contributed by atoms with Gasteiger partial charge >= 0.3 is 6.03 Å². The second kappa shape index (κ2) is 6.19. The maximum atomic E-state index is 11.6. The van der Waals surface area contributed by atoms with E-state index in [0.29, 0.717) is 25.2 Å². The molecule has 0 saturated carbocycles. The molecule has 5 N–H and O–H groups in total. The standard InChI is InChI=1S/C13H18N4O2/c14-7-9-1-3-10(4-2-9)17-13(19)15-8-11-5-6-12(18)16-11/h1-4,11H,5-8,14H2,(H,16,18)(H2,15,17,19). The Kier molecular flexibility index (Phi) is 4.35. The summed E-state index contributed by atoms with van der Waals surface area (Å²) in [6, 6.07) is 7.11. The number of amides is 3. The van der Waals surface area contributed by atoms with Gasteiger partial charge in [-0.25, -0.2) is 4.79 Å².